The van der Waals surface area contributed by atoms with Gasteiger partial charge in [0.2, 0.25) is 0 Å². The second kappa shape index (κ2) is 6.43. The molecule has 19 heavy (non-hydrogen) atoms. The van der Waals surface area contributed by atoms with E-state index in [1.54, 1.807) is 0 Å². The average Bonchev–Trinajstić information content (AvgIpc) is 2.26. The zero-order valence-electron chi connectivity index (χ0n) is 11.0. The molecular weight excluding hydrogens is 281 g/mol. The first kappa shape index (κ1) is 16.8. The summed E-state index contributed by atoms with van der Waals surface area (Å²) >= 11 is 0. The van der Waals surface area contributed by atoms with E-state index in [2.05, 4.69) is 0 Å². The number of rotatable bonds is 5. The molecule has 1 saturated carbocycles. The van der Waals surface area contributed by atoms with E-state index in [-0.39, 0.29) is 25.0 Å². The van der Waals surface area contributed by atoms with Crippen molar-refractivity contribution >= 4 is 9.84 Å². The Morgan fingerprint density at radius 2 is 1.84 bits per heavy atom. The number of halogens is 3. The van der Waals surface area contributed by atoms with Crippen LogP contribution in [0.25, 0.3) is 0 Å². The Hall–Kier alpha value is -0.300. The van der Waals surface area contributed by atoms with Gasteiger partial charge in [-0.05, 0) is 31.6 Å². The Morgan fingerprint density at radius 3 is 2.37 bits per heavy atom. The molecule has 0 aromatic rings. The number of alkyl halides is 3. The van der Waals surface area contributed by atoms with Crippen molar-refractivity contribution in [3.8, 4) is 0 Å². The van der Waals surface area contributed by atoms with Gasteiger partial charge in [-0.3, -0.25) is 0 Å². The highest BCUT2D eigenvalue weighted by atomic mass is 32.2. The van der Waals surface area contributed by atoms with Gasteiger partial charge in [0, 0.05) is 12.0 Å². The third kappa shape index (κ3) is 5.69. The molecule has 1 fully saturated rings. The van der Waals surface area contributed by atoms with Crippen LogP contribution in [0.3, 0.4) is 0 Å². The van der Waals surface area contributed by atoms with E-state index < -0.39 is 34.0 Å². The molecule has 3 unspecified atom stereocenters. The first-order chi connectivity index (χ1) is 8.61. The van der Waals surface area contributed by atoms with Crippen molar-refractivity contribution in [1.82, 2.24) is 0 Å². The Kier molecular flexibility index (Phi) is 5.67. The van der Waals surface area contributed by atoms with E-state index in [9.17, 15) is 26.7 Å². The summed E-state index contributed by atoms with van der Waals surface area (Å²) in [4.78, 5) is 0. The Balaban J connectivity index is 2.55. The lowest BCUT2D eigenvalue weighted by molar-refractivity contribution is -0.207. The normalized spacial score (nSPS) is 27.2. The lowest BCUT2D eigenvalue weighted by Gasteiger charge is -2.36. The van der Waals surface area contributed by atoms with Gasteiger partial charge in [0.1, 0.15) is 9.84 Å². The highest BCUT2D eigenvalue weighted by molar-refractivity contribution is 7.90. The van der Waals surface area contributed by atoms with Crippen molar-refractivity contribution in [3.05, 3.63) is 0 Å². The summed E-state index contributed by atoms with van der Waals surface area (Å²) in [6.45, 7) is 0. The van der Waals surface area contributed by atoms with Crippen molar-refractivity contribution in [2.24, 2.45) is 11.8 Å². The largest absolute Gasteiger partial charge is 0.393 e. The van der Waals surface area contributed by atoms with Crippen LogP contribution in [0.5, 0.6) is 0 Å². The molecule has 0 saturated heterocycles. The highest BCUT2D eigenvalue weighted by Crippen LogP contribution is 2.43. The van der Waals surface area contributed by atoms with Gasteiger partial charge in [-0.1, -0.05) is 12.8 Å². The maximum atomic E-state index is 12.9. The van der Waals surface area contributed by atoms with Crippen LogP contribution in [0.15, 0.2) is 0 Å². The molecule has 0 heterocycles. The molecule has 3 nitrogen and oxygen atoms in total. The molecule has 114 valence electrons. The number of hydrogen-bond acceptors (Lipinski definition) is 3. The van der Waals surface area contributed by atoms with Crippen molar-refractivity contribution in [3.63, 3.8) is 0 Å². The minimum absolute atomic E-state index is 0.0668. The maximum absolute atomic E-state index is 12.9. The molecule has 0 aromatic heterocycles. The van der Waals surface area contributed by atoms with Gasteiger partial charge >= 0.3 is 6.18 Å². The predicted molar refractivity (Wildman–Crippen MR) is 66.5 cm³/mol. The van der Waals surface area contributed by atoms with E-state index in [0.29, 0.717) is 19.3 Å². The minimum Gasteiger partial charge on any atom is -0.393 e. The third-order valence-electron chi connectivity index (χ3n) is 3.75. The summed E-state index contributed by atoms with van der Waals surface area (Å²) in [5.41, 5.74) is 0. The number of hydrogen-bond donors (Lipinski definition) is 1. The molecule has 7 heteroatoms. The van der Waals surface area contributed by atoms with Gasteiger partial charge in [-0.25, -0.2) is 8.42 Å². The van der Waals surface area contributed by atoms with Crippen LogP contribution in [-0.2, 0) is 9.84 Å². The van der Waals surface area contributed by atoms with Gasteiger partial charge < -0.3 is 5.11 Å². The summed E-state index contributed by atoms with van der Waals surface area (Å²) in [7, 11) is -3.13. The molecule has 0 spiro atoms. The molecule has 1 aliphatic carbocycles. The molecule has 0 amide bonds. The van der Waals surface area contributed by atoms with Crippen molar-refractivity contribution in [1.29, 1.82) is 0 Å². The first-order valence-corrected chi connectivity index (χ1v) is 8.60. The van der Waals surface area contributed by atoms with Gasteiger partial charge in [0.05, 0.1) is 12.0 Å². The molecule has 1 aliphatic rings. The summed E-state index contributed by atoms with van der Waals surface area (Å²) in [6.07, 6.45) is -2.26. The highest BCUT2D eigenvalue weighted by Gasteiger charge is 2.47. The fourth-order valence-electron chi connectivity index (χ4n) is 2.80. The molecule has 1 N–H and O–H groups in total. The Bertz CT molecular complexity index is 378. The molecule has 0 bridgehead atoms. The summed E-state index contributed by atoms with van der Waals surface area (Å²) in [6, 6.07) is 0. The first-order valence-electron chi connectivity index (χ1n) is 6.54. The second-order valence-electron chi connectivity index (χ2n) is 5.44. The molecule has 0 radical (unpaired) electrons. The van der Waals surface area contributed by atoms with Gasteiger partial charge in [-0.15, -0.1) is 0 Å². The Morgan fingerprint density at radius 1 is 1.26 bits per heavy atom. The number of aliphatic hydroxyl groups excluding tert-OH is 1. The Labute approximate surface area is 112 Å². The van der Waals surface area contributed by atoms with Crippen LogP contribution >= 0.6 is 0 Å². The lowest BCUT2D eigenvalue weighted by Crippen LogP contribution is -2.39. The predicted octanol–water partition coefficient (Wildman–Crippen LogP) is 2.54. The van der Waals surface area contributed by atoms with E-state index in [1.165, 1.54) is 0 Å². The SMILES string of the molecule is CS(=O)(=O)CCCC(O)C1CCCCC1C(F)(F)F. The number of sulfone groups is 1. The zero-order chi connectivity index (χ0) is 14.7. The van der Waals surface area contributed by atoms with E-state index in [0.717, 1.165) is 6.26 Å². The number of aliphatic hydroxyl groups is 1. The fraction of sp³-hybridized carbons (Fsp3) is 1.00. The smallest absolute Gasteiger partial charge is 0.392 e. The van der Waals surface area contributed by atoms with Crippen molar-refractivity contribution in [2.45, 2.75) is 50.8 Å². The summed E-state index contributed by atoms with van der Waals surface area (Å²) in [5, 5.41) is 9.91. The van der Waals surface area contributed by atoms with E-state index in [1.807, 2.05) is 0 Å². The molecule has 1 rings (SSSR count). The van der Waals surface area contributed by atoms with E-state index >= 15 is 0 Å². The molecule has 0 aromatic carbocycles. The summed E-state index contributed by atoms with van der Waals surface area (Å²) < 4.78 is 60.5. The maximum Gasteiger partial charge on any atom is 0.392 e. The minimum atomic E-state index is -4.27. The topological polar surface area (TPSA) is 54.4 Å². The van der Waals surface area contributed by atoms with Crippen LogP contribution in [0.4, 0.5) is 13.2 Å². The van der Waals surface area contributed by atoms with Crippen molar-refractivity contribution in [2.75, 3.05) is 12.0 Å². The standard InChI is InChI=1S/C12H21F3O3S/c1-19(17,18)8-4-7-11(16)9-5-2-3-6-10(9)12(13,14)15/h9-11,16H,2-8H2,1H3. The quantitative estimate of drug-likeness (QED) is 0.849. The van der Waals surface area contributed by atoms with Crippen LogP contribution in [0.2, 0.25) is 0 Å². The zero-order valence-corrected chi connectivity index (χ0v) is 11.8. The van der Waals surface area contributed by atoms with Crippen LogP contribution in [0.1, 0.15) is 38.5 Å². The van der Waals surface area contributed by atoms with Crippen LogP contribution in [-0.4, -0.2) is 37.8 Å². The van der Waals surface area contributed by atoms with Gasteiger partial charge in [0.15, 0.2) is 0 Å². The van der Waals surface area contributed by atoms with Crippen molar-refractivity contribution < 1.29 is 26.7 Å². The van der Waals surface area contributed by atoms with Gasteiger partial charge in [-0.2, -0.15) is 13.2 Å². The van der Waals surface area contributed by atoms with Crippen LogP contribution in [0, 0.1) is 11.8 Å². The van der Waals surface area contributed by atoms with Gasteiger partial charge in [0.25, 0.3) is 0 Å². The third-order valence-corrected chi connectivity index (χ3v) is 4.78. The lowest BCUT2D eigenvalue weighted by atomic mass is 9.75. The summed E-state index contributed by atoms with van der Waals surface area (Å²) in [5.74, 6) is -2.32. The molecule has 3 atom stereocenters. The average molecular weight is 302 g/mol. The molecule has 0 aliphatic heterocycles. The fourth-order valence-corrected chi connectivity index (χ4v) is 3.49. The van der Waals surface area contributed by atoms with Crippen LogP contribution < -0.4 is 0 Å². The van der Waals surface area contributed by atoms with E-state index in [4.69, 9.17) is 0 Å². The molecular formula is C12H21F3O3S. The monoisotopic (exact) mass is 302 g/mol. The second-order valence-corrected chi connectivity index (χ2v) is 7.70.